The molecule has 1 atom stereocenters. The number of benzene rings is 1. The van der Waals surface area contributed by atoms with Gasteiger partial charge in [0.25, 0.3) is 0 Å². The van der Waals surface area contributed by atoms with Gasteiger partial charge in [0, 0.05) is 13.0 Å². The Labute approximate surface area is 149 Å². The summed E-state index contributed by atoms with van der Waals surface area (Å²) in [5.41, 5.74) is 0.243. The molecule has 0 radical (unpaired) electrons. The zero-order valence-electron chi connectivity index (χ0n) is 14.5. The molecule has 26 heavy (non-hydrogen) atoms. The molecule has 1 aliphatic rings. The molecule has 132 valence electrons. The molecule has 2 heterocycles. The van der Waals surface area contributed by atoms with E-state index < -0.39 is 17.5 Å². The van der Waals surface area contributed by atoms with Crippen molar-refractivity contribution in [2.45, 2.75) is 19.9 Å². The molecule has 1 N–H and O–H groups in total. The lowest BCUT2D eigenvalue weighted by atomic mass is 9.97. The third kappa shape index (κ3) is 3.05. The van der Waals surface area contributed by atoms with E-state index in [1.807, 2.05) is 6.07 Å². The van der Waals surface area contributed by atoms with Gasteiger partial charge in [-0.3, -0.25) is 4.79 Å². The zero-order valence-corrected chi connectivity index (χ0v) is 14.5. The number of aryl methyl sites for hydroxylation is 1. The summed E-state index contributed by atoms with van der Waals surface area (Å²) in [5.74, 6) is 0.773. The number of fused-ring (bicyclic) bond motifs is 1. The number of nitriles is 1. The highest BCUT2D eigenvalue weighted by atomic mass is 16.5. The first-order valence-electron chi connectivity index (χ1n) is 7.83. The van der Waals surface area contributed by atoms with Crippen molar-refractivity contribution < 1.29 is 18.7 Å². The fraction of sp³-hybridized carbons (Fsp3) is 0.211. The van der Waals surface area contributed by atoms with Gasteiger partial charge in [0.05, 0.1) is 13.2 Å². The summed E-state index contributed by atoms with van der Waals surface area (Å²) >= 11 is 0. The molecule has 0 aliphatic carbocycles. The van der Waals surface area contributed by atoms with E-state index in [1.165, 1.54) is 14.0 Å². The van der Waals surface area contributed by atoms with Gasteiger partial charge in [-0.1, -0.05) is 12.1 Å². The van der Waals surface area contributed by atoms with E-state index in [0.29, 0.717) is 17.1 Å². The van der Waals surface area contributed by atoms with Crippen LogP contribution in [0.2, 0.25) is 0 Å². The molecular formula is C19H16N2O5. The van der Waals surface area contributed by atoms with Gasteiger partial charge in [-0.05, 0) is 24.6 Å². The fourth-order valence-electron chi connectivity index (χ4n) is 2.76. The van der Waals surface area contributed by atoms with Gasteiger partial charge in [-0.15, -0.1) is 0 Å². The highest BCUT2D eigenvalue weighted by molar-refractivity contribution is 5.97. The van der Waals surface area contributed by atoms with Crippen LogP contribution in [0.1, 0.15) is 29.9 Å². The number of rotatable bonds is 3. The molecule has 1 unspecified atom stereocenters. The van der Waals surface area contributed by atoms with Crippen molar-refractivity contribution in [3.05, 3.63) is 69.1 Å². The molecule has 7 heteroatoms. The van der Waals surface area contributed by atoms with Gasteiger partial charge in [-0.2, -0.15) is 5.26 Å². The number of Topliss-reactive ketones (excluding diaryl/α,β-unsaturated/α-hetero) is 1. The van der Waals surface area contributed by atoms with Crippen molar-refractivity contribution in [1.82, 2.24) is 5.32 Å². The summed E-state index contributed by atoms with van der Waals surface area (Å²) in [7, 11) is 1.54. The first-order chi connectivity index (χ1) is 12.4. The molecule has 1 aromatic carbocycles. The molecule has 1 aromatic heterocycles. The Morgan fingerprint density at radius 1 is 1.35 bits per heavy atom. The fourth-order valence-corrected chi connectivity index (χ4v) is 2.76. The van der Waals surface area contributed by atoms with Crippen molar-refractivity contribution in [3.8, 4) is 17.6 Å². The van der Waals surface area contributed by atoms with Crippen LogP contribution in [0, 0.1) is 18.3 Å². The predicted molar refractivity (Wildman–Crippen MR) is 91.6 cm³/mol. The Morgan fingerprint density at radius 2 is 2.12 bits per heavy atom. The van der Waals surface area contributed by atoms with Crippen LogP contribution in [-0.2, 0) is 4.79 Å². The van der Waals surface area contributed by atoms with Crippen molar-refractivity contribution >= 4 is 5.78 Å². The second-order valence-corrected chi connectivity index (χ2v) is 5.75. The Kier molecular flexibility index (Phi) is 4.50. The van der Waals surface area contributed by atoms with Crippen molar-refractivity contribution in [3.63, 3.8) is 0 Å². The molecule has 0 spiro atoms. The average Bonchev–Trinajstić information content (AvgIpc) is 2.61. The molecule has 0 amide bonds. The molecule has 0 saturated carbocycles. The summed E-state index contributed by atoms with van der Waals surface area (Å²) in [5, 5.41) is 12.3. The van der Waals surface area contributed by atoms with Crippen LogP contribution in [0.5, 0.6) is 11.5 Å². The third-order valence-electron chi connectivity index (χ3n) is 3.97. The highest BCUT2D eigenvalue weighted by Gasteiger charge is 2.32. The molecule has 3 rings (SSSR count). The SMILES string of the molecule is COc1cccc(C2N/C(=C(\C#N)C(C)=O)Oc3cc(C)oc(=O)c32)c1. The summed E-state index contributed by atoms with van der Waals surface area (Å²) in [6.45, 7) is 2.89. The number of methoxy groups -OCH3 is 1. The van der Waals surface area contributed by atoms with Crippen LogP contribution in [-0.4, -0.2) is 12.9 Å². The topological polar surface area (TPSA) is 102 Å². The molecule has 1 aliphatic heterocycles. The summed E-state index contributed by atoms with van der Waals surface area (Å²) < 4.78 is 16.1. The monoisotopic (exact) mass is 352 g/mol. The lowest BCUT2D eigenvalue weighted by Crippen LogP contribution is -2.35. The number of hydrogen-bond acceptors (Lipinski definition) is 7. The lowest BCUT2D eigenvalue weighted by Gasteiger charge is -2.29. The lowest BCUT2D eigenvalue weighted by molar-refractivity contribution is -0.113. The Morgan fingerprint density at radius 3 is 2.77 bits per heavy atom. The molecule has 0 fully saturated rings. The van der Waals surface area contributed by atoms with E-state index in [-0.39, 0.29) is 22.8 Å². The second-order valence-electron chi connectivity index (χ2n) is 5.75. The van der Waals surface area contributed by atoms with Gasteiger partial charge in [0.2, 0.25) is 5.88 Å². The van der Waals surface area contributed by atoms with Gasteiger partial charge in [0.15, 0.2) is 11.4 Å². The molecule has 0 saturated heterocycles. The number of hydrogen-bond donors (Lipinski definition) is 1. The maximum Gasteiger partial charge on any atom is 0.345 e. The second kappa shape index (κ2) is 6.76. The number of nitrogens with one attached hydrogen (secondary N) is 1. The van der Waals surface area contributed by atoms with Gasteiger partial charge < -0.3 is 19.2 Å². The maximum absolute atomic E-state index is 12.4. The quantitative estimate of drug-likeness (QED) is 0.668. The summed E-state index contributed by atoms with van der Waals surface area (Å²) in [4.78, 5) is 24.2. The van der Waals surface area contributed by atoms with Crippen molar-refractivity contribution in [1.29, 1.82) is 5.26 Å². The number of carbonyl (C=O) groups excluding carboxylic acids is 1. The van der Waals surface area contributed by atoms with E-state index in [1.54, 1.807) is 37.3 Å². The van der Waals surface area contributed by atoms with Gasteiger partial charge in [0.1, 0.15) is 28.9 Å². The number of ketones is 1. The number of carbonyl (C=O) groups is 1. The molecular weight excluding hydrogens is 336 g/mol. The van der Waals surface area contributed by atoms with Gasteiger partial charge in [-0.25, -0.2) is 4.79 Å². The number of nitrogens with zero attached hydrogens (tertiary/aromatic N) is 1. The largest absolute Gasteiger partial charge is 0.497 e. The summed E-state index contributed by atoms with van der Waals surface area (Å²) in [6.07, 6.45) is 0. The Balaban J connectivity index is 2.24. The molecule has 7 nitrogen and oxygen atoms in total. The van der Waals surface area contributed by atoms with E-state index in [4.69, 9.17) is 13.9 Å². The van der Waals surface area contributed by atoms with Crippen LogP contribution < -0.4 is 20.4 Å². The minimum absolute atomic E-state index is 0.00493. The van der Waals surface area contributed by atoms with Crippen LogP contribution >= 0.6 is 0 Å². The number of allylic oxidation sites excluding steroid dienone is 1. The van der Waals surface area contributed by atoms with E-state index >= 15 is 0 Å². The zero-order chi connectivity index (χ0) is 18.8. The van der Waals surface area contributed by atoms with E-state index in [2.05, 4.69) is 5.32 Å². The van der Waals surface area contributed by atoms with Crippen LogP contribution in [0.25, 0.3) is 0 Å². The summed E-state index contributed by atoms with van der Waals surface area (Å²) in [6, 6.07) is 9.84. The standard InChI is InChI=1S/C19H16N2O5/c1-10-7-15-16(19(23)25-10)17(12-5-4-6-13(8-12)24-3)21-18(26-15)14(9-20)11(2)22/h4-8,17,21H,1-3H3/b18-14-. The third-order valence-corrected chi connectivity index (χ3v) is 3.97. The Bertz CT molecular complexity index is 1010. The first kappa shape index (κ1) is 17.3. The minimum Gasteiger partial charge on any atom is -0.497 e. The van der Waals surface area contributed by atoms with Gasteiger partial charge >= 0.3 is 5.63 Å². The first-order valence-corrected chi connectivity index (χ1v) is 7.83. The minimum atomic E-state index is -0.664. The average molecular weight is 352 g/mol. The Hall–Kier alpha value is -3.53. The van der Waals surface area contributed by atoms with E-state index in [0.717, 1.165) is 0 Å². The van der Waals surface area contributed by atoms with Crippen molar-refractivity contribution in [2.24, 2.45) is 0 Å². The van der Waals surface area contributed by atoms with E-state index in [9.17, 15) is 14.9 Å². The molecule has 0 bridgehead atoms. The smallest absolute Gasteiger partial charge is 0.345 e. The van der Waals surface area contributed by atoms with Crippen LogP contribution in [0.4, 0.5) is 0 Å². The number of ether oxygens (including phenoxy) is 2. The van der Waals surface area contributed by atoms with Crippen LogP contribution in [0.3, 0.4) is 0 Å². The maximum atomic E-state index is 12.4. The highest BCUT2D eigenvalue weighted by Crippen LogP contribution is 2.35. The van der Waals surface area contributed by atoms with Crippen LogP contribution in [0.15, 0.2) is 51.0 Å². The predicted octanol–water partition coefficient (Wildman–Crippen LogP) is 2.35. The molecule has 2 aromatic rings. The van der Waals surface area contributed by atoms with Crippen molar-refractivity contribution in [2.75, 3.05) is 7.11 Å². The normalized spacial score (nSPS) is 17.2.